The van der Waals surface area contributed by atoms with Crippen molar-refractivity contribution in [2.24, 2.45) is 0 Å². The van der Waals surface area contributed by atoms with Crippen LogP contribution >= 0.6 is 23.4 Å². The van der Waals surface area contributed by atoms with Crippen molar-refractivity contribution in [1.29, 1.82) is 0 Å². The SMILES string of the molecule is CCc1ccc(N[C@@H]2NC(=O)/C(=C\c3cc(C)n(-c4ccc(Cl)cc4)c3C)S2)cc1. The summed E-state index contributed by atoms with van der Waals surface area (Å²) in [4.78, 5) is 13.2. The second kappa shape index (κ2) is 8.62. The predicted octanol–water partition coefficient (Wildman–Crippen LogP) is 5.91. The van der Waals surface area contributed by atoms with Crippen molar-refractivity contribution in [3.63, 3.8) is 0 Å². The molecule has 1 aliphatic rings. The number of rotatable bonds is 5. The minimum Gasteiger partial charge on any atom is -0.357 e. The number of anilines is 1. The molecule has 2 aromatic carbocycles. The Bertz CT molecular complexity index is 1100. The van der Waals surface area contributed by atoms with Gasteiger partial charge in [-0.05, 0) is 79.9 Å². The third-order valence-electron chi connectivity index (χ3n) is 5.23. The molecule has 1 aromatic heterocycles. The van der Waals surface area contributed by atoms with Crippen molar-refractivity contribution >= 4 is 41.0 Å². The van der Waals surface area contributed by atoms with E-state index in [4.69, 9.17) is 11.6 Å². The maximum atomic E-state index is 12.5. The van der Waals surface area contributed by atoms with Gasteiger partial charge in [-0.1, -0.05) is 42.4 Å². The molecule has 0 unspecified atom stereocenters. The Balaban J connectivity index is 1.54. The predicted molar refractivity (Wildman–Crippen MR) is 127 cm³/mol. The highest BCUT2D eigenvalue weighted by Gasteiger charge is 2.27. The highest BCUT2D eigenvalue weighted by molar-refractivity contribution is 8.05. The second-order valence-corrected chi connectivity index (χ2v) is 8.90. The van der Waals surface area contributed by atoms with Gasteiger partial charge in [0.05, 0.1) is 4.91 Å². The van der Waals surface area contributed by atoms with Crippen molar-refractivity contribution in [3.05, 3.63) is 87.0 Å². The number of carbonyl (C=O) groups is 1. The molecule has 0 radical (unpaired) electrons. The molecule has 1 saturated heterocycles. The third-order valence-corrected chi connectivity index (χ3v) is 6.51. The van der Waals surface area contributed by atoms with Gasteiger partial charge in [0.1, 0.15) is 0 Å². The number of carbonyl (C=O) groups excluding carboxylic acids is 1. The van der Waals surface area contributed by atoms with Crippen LogP contribution in [0.1, 0.15) is 29.4 Å². The molecule has 4 nitrogen and oxygen atoms in total. The van der Waals surface area contributed by atoms with E-state index in [1.165, 1.54) is 17.3 Å². The second-order valence-electron chi connectivity index (χ2n) is 7.31. The van der Waals surface area contributed by atoms with Gasteiger partial charge in [-0.25, -0.2) is 0 Å². The summed E-state index contributed by atoms with van der Waals surface area (Å²) in [7, 11) is 0. The lowest BCUT2D eigenvalue weighted by Crippen LogP contribution is -2.30. The number of aromatic nitrogens is 1. The fourth-order valence-electron chi connectivity index (χ4n) is 3.62. The molecule has 0 saturated carbocycles. The summed E-state index contributed by atoms with van der Waals surface area (Å²) in [5.41, 5.74) is 6.38. The lowest BCUT2D eigenvalue weighted by Gasteiger charge is -2.12. The highest BCUT2D eigenvalue weighted by Crippen LogP contribution is 2.32. The molecule has 2 N–H and O–H groups in total. The van der Waals surface area contributed by atoms with Crippen molar-refractivity contribution in [3.8, 4) is 5.69 Å². The first-order chi connectivity index (χ1) is 14.4. The van der Waals surface area contributed by atoms with Crippen LogP contribution in [0.25, 0.3) is 11.8 Å². The average molecular weight is 438 g/mol. The normalized spacial score (nSPS) is 17.4. The maximum Gasteiger partial charge on any atom is 0.260 e. The first kappa shape index (κ1) is 20.6. The summed E-state index contributed by atoms with van der Waals surface area (Å²) in [5.74, 6) is -0.0565. The van der Waals surface area contributed by atoms with Crippen LogP contribution in [0.2, 0.25) is 5.02 Å². The van der Waals surface area contributed by atoms with Crippen molar-refractivity contribution < 1.29 is 4.79 Å². The van der Waals surface area contributed by atoms with Crippen LogP contribution in [0.4, 0.5) is 5.69 Å². The number of hydrogen-bond acceptors (Lipinski definition) is 3. The molecular formula is C24H24ClN3OS. The lowest BCUT2D eigenvalue weighted by atomic mass is 10.1. The number of nitrogens with one attached hydrogen (secondary N) is 2. The number of thioether (sulfide) groups is 1. The monoisotopic (exact) mass is 437 g/mol. The summed E-state index contributed by atoms with van der Waals surface area (Å²) in [6.45, 7) is 6.27. The first-order valence-electron chi connectivity index (χ1n) is 9.94. The summed E-state index contributed by atoms with van der Waals surface area (Å²) < 4.78 is 2.17. The molecule has 1 aliphatic heterocycles. The number of amides is 1. The first-order valence-corrected chi connectivity index (χ1v) is 11.2. The van der Waals surface area contributed by atoms with Crippen molar-refractivity contribution in [2.75, 3.05) is 5.32 Å². The van der Waals surface area contributed by atoms with Crippen LogP contribution in [-0.4, -0.2) is 16.0 Å². The summed E-state index contributed by atoms with van der Waals surface area (Å²) in [6.07, 6.45) is 2.98. The number of halogens is 1. The standard InChI is InChI=1S/C24H24ClN3OS/c1-4-17-5-9-20(10-6-17)26-24-27-23(29)22(30-24)14-18-13-15(2)28(16(18)3)21-11-7-19(25)8-12-21/h5-14,24,26H,4H2,1-3H3,(H,27,29)/b22-14+/t24-/m1/s1. The van der Waals surface area contributed by atoms with E-state index < -0.39 is 0 Å². The van der Waals surface area contributed by atoms with E-state index in [2.05, 4.69) is 54.2 Å². The number of aryl methyl sites for hydroxylation is 2. The zero-order valence-corrected chi connectivity index (χ0v) is 18.8. The quantitative estimate of drug-likeness (QED) is 0.488. The molecule has 30 heavy (non-hydrogen) atoms. The molecule has 1 atom stereocenters. The lowest BCUT2D eigenvalue weighted by molar-refractivity contribution is -0.116. The van der Waals surface area contributed by atoms with E-state index >= 15 is 0 Å². The molecule has 0 spiro atoms. The van der Waals surface area contributed by atoms with E-state index in [1.54, 1.807) is 0 Å². The minimum absolute atomic E-state index is 0.0565. The van der Waals surface area contributed by atoms with Gasteiger partial charge in [-0.3, -0.25) is 4.79 Å². The fourth-order valence-corrected chi connectivity index (χ4v) is 4.72. The highest BCUT2D eigenvalue weighted by atomic mass is 35.5. The molecule has 4 rings (SSSR count). The summed E-state index contributed by atoms with van der Waals surface area (Å²) in [6, 6.07) is 18.2. The number of nitrogens with zero attached hydrogens (tertiary/aromatic N) is 1. The van der Waals surface area contributed by atoms with Gasteiger partial charge >= 0.3 is 0 Å². The Hall–Kier alpha value is -2.63. The molecule has 6 heteroatoms. The Morgan fingerprint density at radius 1 is 1.13 bits per heavy atom. The number of hydrogen-bond donors (Lipinski definition) is 2. The van der Waals surface area contributed by atoms with Gasteiger partial charge in [0.15, 0.2) is 5.50 Å². The van der Waals surface area contributed by atoms with Crippen LogP contribution in [0, 0.1) is 13.8 Å². The molecule has 3 aromatic rings. The zero-order chi connectivity index (χ0) is 21.3. The van der Waals surface area contributed by atoms with E-state index in [9.17, 15) is 4.79 Å². The van der Waals surface area contributed by atoms with Crippen LogP contribution in [0.3, 0.4) is 0 Å². The van der Waals surface area contributed by atoms with Gasteiger partial charge in [0.2, 0.25) is 0 Å². The van der Waals surface area contributed by atoms with E-state index in [0.29, 0.717) is 9.93 Å². The largest absolute Gasteiger partial charge is 0.357 e. The van der Waals surface area contributed by atoms with E-state index in [-0.39, 0.29) is 11.4 Å². The molecule has 0 aliphatic carbocycles. The fraction of sp³-hybridized carbons (Fsp3) is 0.208. The Morgan fingerprint density at radius 3 is 2.50 bits per heavy atom. The Morgan fingerprint density at radius 2 is 1.83 bits per heavy atom. The molecule has 2 heterocycles. The third kappa shape index (κ3) is 4.27. The van der Waals surface area contributed by atoms with Gasteiger partial charge in [0.25, 0.3) is 5.91 Å². The average Bonchev–Trinajstić information content (AvgIpc) is 3.21. The van der Waals surface area contributed by atoms with Crippen LogP contribution in [0.15, 0.2) is 59.5 Å². The summed E-state index contributed by atoms with van der Waals surface area (Å²) in [5, 5.41) is 7.09. The van der Waals surface area contributed by atoms with Gasteiger partial charge in [0, 0.05) is 27.8 Å². The van der Waals surface area contributed by atoms with Crippen LogP contribution < -0.4 is 10.6 Å². The van der Waals surface area contributed by atoms with Crippen LogP contribution in [0.5, 0.6) is 0 Å². The molecule has 1 amide bonds. The Labute approximate surface area is 186 Å². The molecule has 0 bridgehead atoms. The van der Waals surface area contributed by atoms with Gasteiger partial charge in [-0.15, -0.1) is 0 Å². The van der Waals surface area contributed by atoms with Gasteiger partial charge < -0.3 is 15.2 Å². The van der Waals surface area contributed by atoms with Crippen molar-refractivity contribution in [1.82, 2.24) is 9.88 Å². The minimum atomic E-state index is -0.184. The smallest absolute Gasteiger partial charge is 0.260 e. The van der Waals surface area contributed by atoms with E-state index in [0.717, 1.165) is 34.7 Å². The molecular weight excluding hydrogens is 414 g/mol. The molecule has 1 fully saturated rings. The van der Waals surface area contributed by atoms with Crippen molar-refractivity contribution in [2.45, 2.75) is 32.7 Å². The number of benzene rings is 2. The summed E-state index contributed by atoms with van der Waals surface area (Å²) >= 11 is 7.53. The molecule has 154 valence electrons. The topological polar surface area (TPSA) is 46.1 Å². The van der Waals surface area contributed by atoms with E-state index in [1.807, 2.05) is 42.5 Å². The maximum absolute atomic E-state index is 12.5. The van der Waals surface area contributed by atoms with Crippen LogP contribution in [-0.2, 0) is 11.2 Å². The zero-order valence-electron chi connectivity index (χ0n) is 17.2. The Kier molecular flexibility index (Phi) is 5.93. The van der Waals surface area contributed by atoms with Gasteiger partial charge in [-0.2, -0.15) is 0 Å².